The van der Waals surface area contributed by atoms with Crippen LogP contribution < -0.4 is 5.32 Å². The molecule has 1 rings (SSSR count). The summed E-state index contributed by atoms with van der Waals surface area (Å²) in [6.07, 6.45) is 1.13. The largest absolute Gasteiger partial charge is 0.311 e. The number of nitrogens with zero attached hydrogens (tertiary/aromatic N) is 2. The van der Waals surface area contributed by atoms with Gasteiger partial charge in [-0.1, -0.05) is 19.9 Å². The van der Waals surface area contributed by atoms with Crippen LogP contribution in [0.3, 0.4) is 0 Å². The summed E-state index contributed by atoms with van der Waals surface area (Å²) in [5.74, 6) is 0.197. The zero-order valence-electron chi connectivity index (χ0n) is 12.8. The molecule has 0 amide bonds. The highest BCUT2D eigenvalue weighted by Crippen LogP contribution is 2.11. The molecule has 1 atom stereocenters. The van der Waals surface area contributed by atoms with Gasteiger partial charge in [-0.05, 0) is 44.1 Å². The van der Waals surface area contributed by atoms with Crippen molar-refractivity contribution in [2.24, 2.45) is 5.92 Å². The monoisotopic (exact) mass is 277 g/mol. The maximum Gasteiger partial charge on any atom is 0.140 e. The van der Waals surface area contributed by atoms with E-state index in [0.29, 0.717) is 18.5 Å². The topological polar surface area (TPSA) is 39.1 Å². The summed E-state index contributed by atoms with van der Waals surface area (Å²) in [6, 6.07) is 7.03. The summed E-state index contributed by atoms with van der Waals surface area (Å²) >= 11 is 0. The fourth-order valence-electron chi connectivity index (χ4n) is 2.17. The van der Waals surface area contributed by atoms with E-state index in [1.807, 2.05) is 6.07 Å². The van der Waals surface area contributed by atoms with E-state index in [0.717, 1.165) is 18.5 Å². The van der Waals surface area contributed by atoms with Crippen LogP contribution in [0.5, 0.6) is 0 Å². The van der Waals surface area contributed by atoms with Crippen LogP contribution in [0, 0.1) is 23.1 Å². The summed E-state index contributed by atoms with van der Waals surface area (Å²) in [5.41, 5.74) is 1.04. The Morgan fingerprint density at radius 2 is 2.05 bits per heavy atom. The van der Waals surface area contributed by atoms with Gasteiger partial charge in [0.25, 0.3) is 0 Å². The second-order valence-corrected chi connectivity index (χ2v) is 5.80. The van der Waals surface area contributed by atoms with Crippen molar-refractivity contribution in [3.63, 3.8) is 0 Å². The predicted octanol–water partition coefficient (Wildman–Crippen LogP) is 2.76. The average molecular weight is 277 g/mol. The van der Waals surface area contributed by atoms with Crippen LogP contribution in [-0.4, -0.2) is 31.6 Å². The minimum absolute atomic E-state index is 0.107. The summed E-state index contributed by atoms with van der Waals surface area (Å²) < 4.78 is 13.2. The van der Waals surface area contributed by atoms with E-state index in [1.54, 1.807) is 12.1 Å². The molecule has 0 spiro atoms. The van der Waals surface area contributed by atoms with Crippen molar-refractivity contribution in [2.45, 2.75) is 32.9 Å². The minimum atomic E-state index is -0.456. The Hall–Kier alpha value is -1.44. The highest BCUT2D eigenvalue weighted by Gasteiger charge is 2.12. The fourth-order valence-corrected chi connectivity index (χ4v) is 2.17. The molecule has 1 unspecified atom stereocenters. The van der Waals surface area contributed by atoms with Crippen LogP contribution >= 0.6 is 0 Å². The van der Waals surface area contributed by atoms with Gasteiger partial charge in [0.2, 0.25) is 0 Å². The fraction of sp³-hybridized carbons (Fsp3) is 0.562. The molecule has 0 bridgehead atoms. The Morgan fingerprint density at radius 1 is 1.35 bits per heavy atom. The van der Waals surface area contributed by atoms with E-state index >= 15 is 0 Å². The maximum atomic E-state index is 13.2. The van der Waals surface area contributed by atoms with E-state index in [-0.39, 0.29) is 5.56 Å². The highest BCUT2D eigenvalue weighted by molar-refractivity contribution is 5.34. The van der Waals surface area contributed by atoms with Crippen molar-refractivity contribution in [3.8, 4) is 6.07 Å². The highest BCUT2D eigenvalue weighted by atomic mass is 19.1. The Labute approximate surface area is 121 Å². The summed E-state index contributed by atoms with van der Waals surface area (Å²) in [6.45, 7) is 5.97. The first-order valence-electron chi connectivity index (χ1n) is 6.99. The van der Waals surface area contributed by atoms with Crippen molar-refractivity contribution < 1.29 is 4.39 Å². The molecular weight excluding hydrogens is 253 g/mol. The quantitative estimate of drug-likeness (QED) is 0.833. The van der Waals surface area contributed by atoms with Gasteiger partial charge in [-0.2, -0.15) is 5.26 Å². The third kappa shape index (κ3) is 5.28. The number of rotatable bonds is 7. The zero-order chi connectivity index (χ0) is 15.1. The Bertz CT molecular complexity index is 463. The summed E-state index contributed by atoms with van der Waals surface area (Å²) in [5, 5.41) is 12.2. The predicted molar refractivity (Wildman–Crippen MR) is 79.8 cm³/mol. The number of benzene rings is 1. The standard InChI is InChI=1S/C16H24FN3/c1-12(2)7-15(20(3)4)11-19-10-13-5-6-16(17)14(8-13)9-18/h5-6,8,12,15,19H,7,10-11H2,1-4H3. The van der Waals surface area contributed by atoms with Gasteiger partial charge in [-0.15, -0.1) is 0 Å². The number of likely N-dealkylation sites (N-methyl/N-ethyl adjacent to an activating group) is 1. The molecule has 0 aliphatic rings. The van der Waals surface area contributed by atoms with Gasteiger partial charge in [0, 0.05) is 19.1 Å². The molecule has 0 fully saturated rings. The smallest absolute Gasteiger partial charge is 0.140 e. The molecule has 4 heteroatoms. The van der Waals surface area contributed by atoms with E-state index in [2.05, 4.69) is 38.2 Å². The Kier molecular flexibility index (Phi) is 6.63. The number of nitriles is 1. The zero-order valence-corrected chi connectivity index (χ0v) is 12.8. The molecule has 0 aromatic heterocycles. The molecular formula is C16H24FN3. The van der Waals surface area contributed by atoms with E-state index in [4.69, 9.17) is 5.26 Å². The molecule has 20 heavy (non-hydrogen) atoms. The summed E-state index contributed by atoms with van der Waals surface area (Å²) in [4.78, 5) is 2.22. The Morgan fingerprint density at radius 3 is 2.60 bits per heavy atom. The first-order chi connectivity index (χ1) is 9.43. The molecule has 1 aromatic carbocycles. The molecule has 0 aliphatic carbocycles. The molecule has 0 saturated carbocycles. The molecule has 1 N–H and O–H groups in total. The van der Waals surface area contributed by atoms with Gasteiger partial charge in [0.05, 0.1) is 5.56 Å². The van der Waals surface area contributed by atoms with Gasteiger partial charge in [-0.25, -0.2) is 4.39 Å². The molecule has 0 aliphatic heterocycles. The molecule has 110 valence electrons. The number of hydrogen-bond acceptors (Lipinski definition) is 3. The minimum Gasteiger partial charge on any atom is -0.311 e. The van der Waals surface area contributed by atoms with E-state index in [9.17, 15) is 4.39 Å². The normalized spacial score (nSPS) is 12.7. The lowest BCUT2D eigenvalue weighted by molar-refractivity contribution is 0.246. The lowest BCUT2D eigenvalue weighted by Gasteiger charge is -2.26. The first-order valence-corrected chi connectivity index (χ1v) is 6.99. The van der Waals surface area contributed by atoms with Crippen molar-refractivity contribution in [1.29, 1.82) is 5.26 Å². The second kappa shape index (κ2) is 7.98. The number of nitrogens with one attached hydrogen (secondary N) is 1. The molecule has 3 nitrogen and oxygen atoms in total. The molecule has 0 saturated heterocycles. The van der Waals surface area contributed by atoms with Gasteiger partial charge in [0.1, 0.15) is 11.9 Å². The van der Waals surface area contributed by atoms with Crippen LogP contribution in [0.2, 0.25) is 0 Å². The number of halogens is 1. The van der Waals surface area contributed by atoms with Crippen molar-refractivity contribution in [2.75, 3.05) is 20.6 Å². The van der Waals surface area contributed by atoms with Crippen molar-refractivity contribution in [1.82, 2.24) is 10.2 Å². The average Bonchev–Trinajstić information content (AvgIpc) is 2.38. The Balaban J connectivity index is 2.52. The number of hydrogen-bond donors (Lipinski definition) is 1. The third-order valence-electron chi connectivity index (χ3n) is 3.33. The molecule has 0 radical (unpaired) electrons. The first kappa shape index (κ1) is 16.6. The van der Waals surface area contributed by atoms with Gasteiger partial charge in [0.15, 0.2) is 0 Å². The van der Waals surface area contributed by atoms with Crippen LogP contribution in [-0.2, 0) is 6.54 Å². The van der Waals surface area contributed by atoms with Gasteiger partial charge < -0.3 is 10.2 Å². The van der Waals surface area contributed by atoms with Crippen LogP contribution in [0.4, 0.5) is 4.39 Å². The molecule has 0 heterocycles. The molecule has 1 aromatic rings. The van der Waals surface area contributed by atoms with Crippen molar-refractivity contribution >= 4 is 0 Å². The second-order valence-electron chi connectivity index (χ2n) is 5.80. The van der Waals surface area contributed by atoms with E-state index < -0.39 is 5.82 Å². The lowest BCUT2D eigenvalue weighted by atomic mass is 10.0. The van der Waals surface area contributed by atoms with Crippen molar-refractivity contribution in [3.05, 3.63) is 35.1 Å². The van der Waals surface area contributed by atoms with E-state index in [1.165, 1.54) is 6.07 Å². The SMILES string of the molecule is CC(C)CC(CNCc1ccc(F)c(C#N)c1)N(C)C. The van der Waals surface area contributed by atoms with Gasteiger partial charge in [-0.3, -0.25) is 0 Å². The van der Waals surface area contributed by atoms with Crippen LogP contribution in [0.15, 0.2) is 18.2 Å². The lowest BCUT2D eigenvalue weighted by Crippen LogP contribution is -2.38. The van der Waals surface area contributed by atoms with Gasteiger partial charge >= 0.3 is 0 Å². The maximum absolute atomic E-state index is 13.2. The van der Waals surface area contributed by atoms with Crippen LogP contribution in [0.25, 0.3) is 0 Å². The summed E-state index contributed by atoms with van der Waals surface area (Å²) in [7, 11) is 4.17. The third-order valence-corrected chi connectivity index (χ3v) is 3.33. The van der Waals surface area contributed by atoms with Crippen LogP contribution in [0.1, 0.15) is 31.4 Å².